The summed E-state index contributed by atoms with van der Waals surface area (Å²) in [6.45, 7) is -1.32. The van der Waals surface area contributed by atoms with Crippen molar-refractivity contribution in [1.29, 1.82) is 10.5 Å². The van der Waals surface area contributed by atoms with Gasteiger partial charge < -0.3 is 10.2 Å². The van der Waals surface area contributed by atoms with Crippen molar-refractivity contribution in [2.75, 3.05) is 13.1 Å². The summed E-state index contributed by atoms with van der Waals surface area (Å²) in [5.74, 6) is -4.43. The molecule has 0 radical (unpaired) electrons. The number of carbonyl (C=O) groups is 2. The van der Waals surface area contributed by atoms with Crippen LogP contribution in [0.5, 0.6) is 0 Å². The molecular weight excluding hydrogens is 472 g/mol. The molecule has 10 heteroatoms. The van der Waals surface area contributed by atoms with E-state index in [0.29, 0.717) is 17.0 Å². The number of hydrogen-bond donors (Lipinski definition) is 1. The van der Waals surface area contributed by atoms with Crippen molar-refractivity contribution < 1.29 is 18.4 Å². The second kappa shape index (κ2) is 10.00. The molecule has 1 fully saturated rings. The predicted molar refractivity (Wildman–Crippen MR) is 125 cm³/mol. The van der Waals surface area contributed by atoms with Crippen molar-refractivity contribution in [3.63, 3.8) is 0 Å². The van der Waals surface area contributed by atoms with Crippen LogP contribution in [0, 0.1) is 22.7 Å². The summed E-state index contributed by atoms with van der Waals surface area (Å²) in [5, 5.41) is 22.6. The smallest absolute Gasteiger partial charge is 0.271 e. The molecule has 35 heavy (non-hydrogen) atoms. The first kappa shape index (κ1) is 24.0. The Morgan fingerprint density at radius 2 is 1.77 bits per heavy atom. The van der Waals surface area contributed by atoms with Crippen LogP contribution < -0.4 is 5.32 Å². The Morgan fingerprint density at radius 1 is 1.11 bits per heavy atom. The highest BCUT2D eigenvalue weighted by molar-refractivity contribution is 7.09. The zero-order valence-electron chi connectivity index (χ0n) is 18.4. The number of aromatic nitrogens is 1. The van der Waals surface area contributed by atoms with Crippen LogP contribution in [0.4, 0.5) is 8.78 Å². The van der Waals surface area contributed by atoms with E-state index in [1.807, 2.05) is 36.4 Å². The summed E-state index contributed by atoms with van der Waals surface area (Å²) in [4.78, 5) is 29.7. The number of benzene rings is 2. The van der Waals surface area contributed by atoms with Crippen molar-refractivity contribution in [2.45, 2.75) is 24.8 Å². The zero-order valence-corrected chi connectivity index (χ0v) is 19.2. The van der Waals surface area contributed by atoms with E-state index in [9.17, 15) is 18.4 Å². The average molecular weight is 492 g/mol. The molecule has 0 aliphatic carbocycles. The molecule has 1 aliphatic rings. The zero-order chi connectivity index (χ0) is 25.0. The molecule has 3 aromatic rings. The van der Waals surface area contributed by atoms with E-state index in [1.165, 1.54) is 11.3 Å². The number of carbonyl (C=O) groups excluding carboxylic acids is 2. The van der Waals surface area contributed by atoms with E-state index in [0.717, 1.165) is 21.6 Å². The van der Waals surface area contributed by atoms with Gasteiger partial charge in [-0.2, -0.15) is 10.5 Å². The van der Waals surface area contributed by atoms with Crippen LogP contribution >= 0.6 is 11.3 Å². The average Bonchev–Trinajstić information content (AvgIpc) is 3.46. The Bertz CT molecular complexity index is 1320. The molecule has 2 aromatic carbocycles. The van der Waals surface area contributed by atoms with Crippen molar-refractivity contribution in [3.8, 4) is 23.3 Å². The van der Waals surface area contributed by atoms with Gasteiger partial charge in [-0.3, -0.25) is 9.59 Å². The summed E-state index contributed by atoms with van der Waals surface area (Å²) >= 11 is 1.30. The SMILES string of the molecule is N#Cc1ccc(-c2ccc(Cc3nc(C(=O)NCC(=O)N4CC(F)(F)C[C@H]4C#N)cs3)cc2)cc1. The Balaban J connectivity index is 1.32. The van der Waals surface area contributed by atoms with Crippen LogP contribution in [0.25, 0.3) is 11.1 Å². The molecule has 176 valence electrons. The number of nitriles is 2. The fourth-order valence-electron chi connectivity index (χ4n) is 3.77. The Labute approximate surface area is 204 Å². The number of amides is 2. The number of halogens is 2. The number of nitrogens with zero attached hydrogens (tertiary/aromatic N) is 4. The summed E-state index contributed by atoms with van der Waals surface area (Å²) in [5.41, 5.74) is 3.74. The summed E-state index contributed by atoms with van der Waals surface area (Å²) in [7, 11) is 0. The van der Waals surface area contributed by atoms with Crippen molar-refractivity contribution >= 4 is 23.2 Å². The molecule has 1 aromatic heterocycles. The van der Waals surface area contributed by atoms with Gasteiger partial charge in [-0.05, 0) is 28.8 Å². The topological polar surface area (TPSA) is 110 Å². The lowest BCUT2D eigenvalue weighted by Crippen LogP contribution is -2.43. The van der Waals surface area contributed by atoms with Crippen LogP contribution in [0.1, 0.15) is 33.0 Å². The number of nitrogens with one attached hydrogen (secondary N) is 1. The molecule has 4 rings (SSSR count). The minimum absolute atomic E-state index is 0.135. The van der Waals surface area contributed by atoms with Crippen molar-refractivity contribution in [1.82, 2.24) is 15.2 Å². The molecule has 0 unspecified atom stereocenters. The first-order valence-corrected chi connectivity index (χ1v) is 11.5. The standard InChI is InChI=1S/C25H19F2N5O2S/c26-25(27)10-20(12-29)32(15-25)23(33)13-30-24(34)21-14-35-22(31-21)9-16-1-5-18(6-2-16)19-7-3-17(11-28)4-8-19/h1-8,14,20H,9-10,13,15H2,(H,30,34)/t20-/m0/s1. The number of rotatable bonds is 6. The third-order valence-electron chi connectivity index (χ3n) is 5.58. The van der Waals surface area contributed by atoms with Gasteiger partial charge in [0.1, 0.15) is 11.7 Å². The monoisotopic (exact) mass is 491 g/mol. The van der Waals surface area contributed by atoms with Gasteiger partial charge in [0.25, 0.3) is 11.8 Å². The molecule has 2 heterocycles. The lowest BCUT2D eigenvalue weighted by atomic mass is 10.0. The normalized spacial score (nSPS) is 16.3. The van der Waals surface area contributed by atoms with E-state index in [-0.39, 0.29) is 5.69 Å². The highest BCUT2D eigenvalue weighted by atomic mass is 32.1. The first-order chi connectivity index (χ1) is 16.8. The fourth-order valence-corrected chi connectivity index (χ4v) is 4.57. The maximum atomic E-state index is 13.5. The van der Waals surface area contributed by atoms with Crippen molar-refractivity contribution in [2.24, 2.45) is 0 Å². The van der Waals surface area contributed by atoms with Gasteiger partial charge in [0, 0.05) is 18.2 Å². The molecule has 1 atom stereocenters. The number of alkyl halides is 2. The van der Waals surface area contributed by atoms with E-state index in [4.69, 9.17) is 10.5 Å². The van der Waals surface area contributed by atoms with Crippen LogP contribution in [0.15, 0.2) is 53.9 Å². The molecule has 1 aliphatic heterocycles. The largest absolute Gasteiger partial charge is 0.342 e. The van der Waals surface area contributed by atoms with Crippen LogP contribution in [-0.4, -0.2) is 46.8 Å². The van der Waals surface area contributed by atoms with E-state index in [1.54, 1.807) is 23.6 Å². The molecule has 7 nitrogen and oxygen atoms in total. The number of thiazole rings is 1. The molecule has 2 amide bonds. The lowest BCUT2D eigenvalue weighted by molar-refractivity contribution is -0.131. The summed E-state index contributed by atoms with van der Waals surface area (Å²) < 4.78 is 27.0. The van der Waals surface area contributed by atoms with Crippen LogP contribution in [-0.2, 0) is 11.2 Å². The van der Waals surface area contributed by atoms with Gasteiger partial charge >= 0.3 is 0 Å². The Morgan fingerprint density at radius 3 is 2.40 bits per heavy atom. The molecular formula is C25H19F2N5O2S. The molecule has 0 saturated carbocycles. The fraction of sp³-hybridized carbons (Fsp3) is 0.240. The highest BCUT2D eigenvalue weighted by Gasteiger charge is 2.47. The summed E-state index contributed by atoms with van der Waals surface area (Å²) in [6, 6.07) is 17.8. The maximum Gasteiger partial charge on any atom is 0.271 e. The quantitative estimate of drug-likeness (QED) is 0.565. The van der Waals surface area contributed by atoms with Crippen LogP contribution in [0.3, 0.4) is 0 Å². The molecule has 0 bridgehead atoms. The highest BCUT2D eigenvalue weighted by Crippen LogP contribution is 2.31. The minimum atomic E-state index is -3.11. The van der Waals surface area contributed by atoms with Crippen molar-refractivity contribution in [3.05, 3.63) is 75.7 Å². The van der Waals surface area contributed by atoms with E-state index in [2.05, 4.69) is 16.4 Å². The second-order valence-electron chi connectivity index (χ2n) is 8.10. The van der Waals surface area contributed by atoms with Gasteiger partial charge in [0.15, 0.2) is 0 Å². The number of likely N-dealkylation sites (tertiary alicyclic amines) is 1. The Hall–Kier alpha value is -4.15. The molecule has 1 N–H and O–H groups in total. The van der Waals surface area contributed by atoms with Gasteiger partial charge in [-0.1, -0.05) is 36.4 Å². The molecule has 0 spiro atoms. The first-order valence-electron chi connectivity index (χ1n) is 10.7. The van der Waals surface area contributed by atoms with Gasteiger partial charge in [0.2, 0.25) is 5.91 Å². The van der Waals surface area contributed by atoms with Gasteiger partial charge in [-0.25, -0.2) is 13.8 Å². The second-order valence-corrected chi connectivity index (χ2v) is 9.04. The van der Waals surface area contributed by atoms with Gasteiger partial charge in [-0.15, -0.1) is 11.3 Å². The Kier molecular flexibility index (Phi) is 6.85. The lowest BCUT2D eigenvalue weighted by Gasteiger charge is -2.19. The minimum Gasteiger partial charge on any atom is -0.342 e. The third kappa shape index (κ3) is 5.68. The van der Waals surface area contributed by atoms with Crippen LogP contribution in [0.2, 0.25) is 0 Å². The van der Waals surface area contributed by atoms with Gasteiger partial charge in [0.05, 0.1) is 35.8 Å². The number of hydrogen-bond acceptors (Lipinski definition) is 6. The molecule has 1 saturated heterocycles. The summed E-state index contributed by atoms with van der Waals surface area (Å²) in [6.07, 6.45) is -0.190. The predicted octanol–water partition coefficient (Wildman–Crippen LogP) is 3.76. The third-order valence-corrected chi connectivity index (χ3v) is 6.43. The van der Waals surface area contributed by atoms with E-state index < -0.39 is 43.3 Å². The van der Waals surface area contributed by atoms with E-state index >= 15 is 0 Å². The maximum absolute atomic E-state index is 13.5.